The number of aliphatic imine (C=N–C) groups is 1. The molecule has 6 nitrogen and oxygen atoms in total. The topological polar surface area (TPSA) is 67.1 Å². The molecule has 1 unspecified atom stereocenters. The van der Waals surface area contributed by atoms with Gasteiger partial charge in [0.15, 0.2) is 11.8 Å². The molecule has 1 aromatic rings. The fourth-order valence-corrected chi connectivity index (χ4v) is 3.30. The van der Waals surface area contributed by atoms with Gasteiger partial charge in [-0.25, -0.2) is 4.99 Å². The first-order valence-corrected chi connectivity index (χ1v) is 8.24. The fraction of sp³-hybridized carbons (Fsp3) is 0.769. The lowest BCUT2D eigenvalue weighted by Gasteiger charge is -2.14. The molecule has 0 amide bonds. The average molecular weight is 296 g/mol. The Labute approximate surface area is 124 Å². The van der Waals surface area contributed by atoms with E-state index >= 15 is 0 Å². The van der Waals surface area contributed by atoms with Gasteiger partial charge >= 0.3 is 0 Å². The van der Waals surface area contributed by atoms with Crippen molar-refractivity contribution < 1.29 is 0 Å². The van der Waals surface area contributed by atoms with Crippen LogP contribution in [-0.2, 0) is 13.6 Å². The van der Waals surface area contributed by atoms with Crippen molar-refractivity contribution in [3.8, 4) is 0 Å². The van der Waals surface area contributed by atoms with Crippen molar-refractivity contribution in [1.29, 1.82) is 0 Å². The Kier molecular flexibility index (Phi) is 5.70. The highest BCUT2D eigenvalue weighted by Crippen LogP contribution is 2.25. The van der Waals surface area contributed by atoms with Crippen LogP contribution in [0.4, 0.5) is 0 Å². The Morgan fingerprint density at radius 3 is 2.90 bits per heavy atom. The van der Waals surface area contributed by atoms with Crippen LogP contribution in [0.2, 0.25) is 0 Å². The van der Waals surface area contributed by atoms with Crippen LogP contribution in [0.25, 0.3) is 0 Å². The Balaban J connectivity index is 1.89. The molecule has 1 aliphatic rings. The SMILES string of the molecule is CCNC(=NCc1nnc(C)n1C)NCC1CCCS1. The van der Waals surface area contributed by atoms with Crippen LogP contribution in [0.5, 0.6) is 0 Å². The number of aromatic nitrogens is 3. The zero-order valence-corrected chi connectivity index (χ0v) is 13.3. The summed E-state index contributed by atoms with van der Waals surface area (Å²) in [6.45, 7) is 6.41. The summed E-state index contributed by atoms with van der Waals surface area (Å²) in [6, 6.07) is 0. The predicted molar refractivity (Wildman–Crippen MR) is 84.0 cm³/mol. The van der Waals surface area contributed by atoms with Crippen LogP contribution in [0.15, 0.2) is 4.99 Å². The third-order valence-corrected chi connectivity index (χ3v) is 4.82. The third kappa shape index (κ3) is 4.13. The molecule has 2 N–H and O–H groups in total. The predicted octanol–water partition coefficient (Wildman–Crippen LogP) is 1.07. The van der Waals surface area contributed by atoms with Crippen LogP contribution < -0.4 is 10.6 Å². The molecule has 1 atom stereocenters. The van der Waals surface area contributed by atoms with Gasteiger partial charge in [-0.1, -0.05) is 0 Å². The molecule has 0 aromatic carbocycles. The number of thioether (sulfide) groups is 1. The zero-order chi connectivity index (χ0) is 14.4. The quantitative estimate of drug-likeness (QED) is 0.628. The standard InChI is InChI=1S/C13H24N6S/c1-4-14-13(15-8-11-6-5-7-20-11)16-9-12-18-17-10(2)19(12)3/h11H,4-9H2,1-3H3,(H2,14,15,16). The highest BCUT2D eigenvalue weighted by molar-refractivity contribution is 8.00. The summed E-state index contributed by atoms with van der Waals surface area (Å²) in [5.74, 6) is 3.95. The second-order valence-corrected chi connectivity index (χ2v) is 6.34. The normalized spacial score (nSPS) is 19.4. The Hall–Kier alpha value is -1.24. The van der Waals surface area contributed by atoms with Crippen molar-refractivity contribution in [3.05, 3.63) is 11.6 Å². The maximum atomic E-state index is 4.58. The maximum absolute atomic E-state index is 4.58. The lowest BCUT2D eigenvalue weighted by molar-refractivity contribution is 0.719. The number of aryl methyl sites for hydroxylation is 1. The molecule has 0 spiro atoms. The monoisotopic (exact) mass is 296 g/mol. The van der Waals surface area contributed by atoms with Crippen LogP contribution >= 0.6 is 11.8 Å². The van der Waals surface area contributed by atoms with Crippen molar-refractivity contribution in [3.63, 3.8) is 0 Å². The van der Waals surface area contributed by atoms with E-state index in [1.165, 1.54) is 18.6 Å². The highest BCUT2D eigenvalue weighted by Gasteiger charge is 2.15. The molecule has 0 saturated carbocycles. The summed E-state index contributed by atoms with van der Waals surface area (Å²) in [6.07, 6.45) is 2.64. The van der Waals surface area contributed by atoms with Gasteiger partial charge in [0.25, 0.3) is 0 Å². The smallest absolute Gasteiger partial charge is 0.191 e. The molecular formula is C13H24N6S. The third-order valence-electron chi connectivity index (χ3n) is 3.43. The molecular weight excluding hydrogens is 272 g/mol. The second-order valence-electron chi connectivity index (χ2n) is 4.93. The number of hydrogen-bond donors (Lipinski definition) is 2. The van der Waals surface area contributed by atoms with E-state index in [9.17, 15) is 0 Å². The second kappa shape index (κ2) is 7.52. The molecule has 1 aromatic heterocycles. The van der Waals surface area contributed by atoms with Crippen molar-refractivity contribution in [2.24, 2.45) is 12.0 Å². The molecule has 0 radical (unpaired) electrons. The molecule has 7 heteroatoms. The van der Waals surface area contributed by atoms with E-state index in [0.717, 1.165) is 35.9 Å². The molecule has 112 valence electrons. The van der Waals surface area contributed by atoms with Gasteiger partial charge in [0.1, 0.15) is 12.4 Å². The first-order valence-electron chi connectivity index (χ1n) is 7.19. The lowest BCUT2D eigenvalue weighted by atomic mass is 10.2. The lowest BCUT2D eigenvalue weighted by Crippen LogP contribution is -2.40. The Bertz CT molecular complexity index is 450. The molecule has 20 heavy (non-hydrogen) atoms. The molecule has 2 heterocycles. The van der Waals surface area contributed by atoms with E-state index in [4.69, 9.17) is 0 Å². The van der Waals surface area contributed by atoms with Crippen LogP contribution in [0.3, 0.4) is 0 Å². The van der Waals surface area contributed by atoms with Gasteiger partial charge in [-0.15, -0.1) is 10.2 Å². The molecule has 2 rings (SSSR count). The summed E-state index contributed by atoms with van der Waals surface area (Å²) in [5.41, 5.74) is 0. The van der Waals surface area contributed by atoms with Crippen LogP contribution in [-0.4, -0.2) is 44.8 Å². The number of rotatable bonds is 5. The van der Waals surface area contributed by atoms with Gasteiger partial charge < -0.3 is 15.2 Å². The van der Waals surface area contributed by atoms with E-state index in [0.29, 0.717) is 6.54 Å². The number of guanidine groups is 1. The van der Waals surface area contributed by atoms with Crippen molar-refractivity contribution in [2.45, 2.75) is 38.5 Å². The number of nitrogens with zero attached hydrogens (tertiary/aromatic N) is 4. The number of hydrogen-bond acceptors (Lipinski definition) is 4. The minimum atomic E-state index is 0.546. The fourth-order valence-electron chi connectivity index (χ4n) is 2.10. The average Bonchev–Trinajstić information content (AvgIpc) is 3.06. The van der Waals surface area contributed by atoms with E-state index in [1.54, 1.807) is 0 Å². The molecule has 0 bridgehead atoms. The summed E-state index contributed by atoms with van der Waals surface area (Å²) in [7, 11) is 1.97. The summed E-state index contributed by atoms with van der Waals surface area (Å²) in [4.78, 5) is 4.58. The van der Waals surface area contributed by atoms with E-state index in [1.807, 2.05) is 18.5 Å². The van der Waals surface area contributed by atoms with Crippen LogP contribution in [0, 0.1) is 6.92 Å². The summed E-state index contributed by atoms with van der Waals surface area (Å²) in [5, 5.41) is 15.6. The van der Waals surface area contributed by atoms with Crippen molar-refractivity contribution in [2.75, 3.05) is 18.8 Å². The van der Waals surface area contributed by atoms with E-state index in [2.05, 4.69) is 44.5 Å². The van der Waals surface area contributed by atoms with Crippen LogP contribution in [0.1, 0.15) is 31.4 Å². The van der Waals surface area contributed by atoms with E-state index < -0.39 is 0 Å². The minimum Gasteiger partial charge on any atom is -0.357 e. The molecule has 1 fully saturated rings. The van der Waals surface area contributed by atoms with Gasteiger partial charge in [0.05, 0.1) is 0 Å². The Morgan fingerprint density at radius 1 is 1.45 bits per heavy atom. The zero-order valence-electron chi connectivity index (χ0n) is 12.5. The van der Waals surface area contributed by atoms with E-state index in [-0.39, 0.29) is 0 Å². The highest BCUT2D eigenvalue weighted by atomic mass is 32.2. The maximum Gasteiger partial charge on any atom is 0.191 e. The first kappa shape index (κ1) is 15.2. The van der Waals surface area contributed by atoms with Gasteiger partial charge in [-0.05, 0) is 32.4 Å². The molecule has 1 saturated heterocycles. The molecule has 0 aliphatic carbocycles. The number of nitrogens with one attached hydrogen (secondary N) is 2. The largest absolute Gasteiger partial charge is 0.357 e. The van der Waals surface area contributed by atoms with Gasteiger partial charge in [0.2, 0.25) is 0 Å². The Morgan fingerprint density at radius 2 is 2.30 bits per heavy atom. The summed E-state index contributed by atoms with van der Waals surface area (Å²) < 4.78 is 1.97. The van der Waals surface area contributed by atoms with Crippen molar-refractivity contribution >= 4 is 17.7 Å². The summed E-state index contributed by atoms with van der Waals surface area (Å²) >= 11 is 2.05. The van der Waals surface area contributed by atoms with Gasteiger partial charge in [0, 0.05) is 25.4 Å². The van der Waals surface area contributed by atoms with Crippen molar-refractivity contribution in [1.82, 2.24) is 25.4 Å². The first-order chi connectivity index (χ1) is 9.70. The van der Waals surface area contributed by atoms with Gasteiger partial charge in [-0.3, -0.25) is 0 Å². The minimum absolute atomic E-state index is 0.546. The van der Waals surface area contributed by atoms with Gasteiger partial charge in [-0.2, -0.15) is 11.8 Å². The molecule has 1 aliphatic heterocycles.